The lowest BCUT2D eigenvalue weighted by Crippen LogP contribution is -2.04. The SMILES string of the molecule is CCCOC(=O)CCCC/C=C/CCCCCCCCC(=O)OCCC. The van der Waals surface area contributed by atoms with Gasteiger partial charge in [0.1, 0.15) is 0 Å². The van der Waals surface area contributed by atoms with E-state index in [9.17, 15) is 9.59 Å². The van der Waals surface area contributed by atoms with E-state index < -0.39 is 0 Å². The van der Waals surface area contributed by atoms with Gasteiger partial charge in [-0.3, -0.25) is 9.59 Å². The second-order valence-corrected chi connectivity index (χ2v) is 6.82. The Balaban J connectivity index is 3.24. The zero-order valence-electron chi connectivity index (χ0n) is 17.1. The molecular formula is C22H40O4. The van der Waals surface area contributed by atoms with Crippen LogP contribution in [-0.4, -0.2) is 25.2 Å². The first-order valence-corrected chi connectivity index (χ1v) is 10.7. The maximum absolute atomic E-state index is 11.3. The number of ether oxygens (including phenoxy) is 2. The minimum Gasteiger partial charge on any atom is -0.466 e. The minimum atomic E-state index is -0.0614. The Morgan fingerprint density at radius 1 is 0.615 bits per heavy atom. The van der Waals surface area contributed by atoms with E-state index in [2.05, 4.69) is 12.2 Å². The highest BCUT2D eigenvalue weighted by atomic mass is 16.5. The van der Waals surface area contributed by atoms with Crippen molar-refractivity contribution in [1.82, 2.24) is 0 Å². The average Bonchev–Trinajstić information content (AvgIpc) is 2.64. The van der Waals surface area contributed by atoms with E-state index in [1.165, 1.54) is 25.7 Å². The van der Waals surface area contributed by atoms with E-state index in [4.69, 9.17) is 9.47 Å². The number of carbonyl (C=O) groups excluding carboxylic acids is 2. The molecule has 0 aromatic carbocycles. The van der Waals surface area contributed by atoms with Gasteiger partial charge in [0.2, 0.25) is 0 Å². The molecule has 0 radical (unpaired) electrons. The summed E-state index contributed by atoms with van der Waals surface area (Å²) >= 11 is 0. The van der Waals surface area contributed by atoms with Gasteiger partial charge in [-0.25, -0.2) is 0 Å². The Morgan fingerprint density at radius 2 is 1.00 bits per heavy atom. The monoisotopic (exact) mass is 368 g/mol. The third-order valence-electron chi connectivity index (χ3n) is 4.10. The summed E-state index contributed by atoms with van der Waals surface area (Å²) in [7, 11) is 0. The Labute approximate surface area is 160 Å². The van der Waals surface area contributed by atoms with Crippen LogP contribution in [0.2, 0.25) is 0 Å². The molecule has 0 amide bonds. The van der Waals surface area contributed by atoms with Crippen molar-refractivity contribution >= 4 is 11.9 Å². The van der Waals surface area contributed by atoms with Crippen molar-refractivity contribution in [2.45, 2.75) is 104 Å². The molecule has 0 fully saturated rings. The summed E-state index contributed by atoms with van der Waals surface area (Å²) in [6.07, 6.45) is 18.6. The lowest BCUT2D eigenvalue weighted by Gasteiger charge is -2.03. The lowest BCUT2D eigenvalue weighted by molar-refractivity contribution is -0.144. The van der Waals surface area contributed by atoms with Crippen LogP contribution >= 0.6 is 0 Å². The number of carbonyl (C=O) groups is 2. The molecule has 0 aliphatic carbocycles. The Kier molecular flexibility index (Phi) is 19.0. The highest BCUT2D eigenvalue weighted by molar-refractivity contribution is 5.69. The Hall–Kier alpha value is -1.32. The Bertz CT molecular complexity index is 363. The Morgan fingerprint density at radius 3 is 1.50 bits per heavy atom. The number of unbranched alkanes of at least 4 members (excludes halogenated alkanes) is 8. The molecule has 0 rings (SSSR count). The van der Waals surface area contributed by atoms with E-state index in [1.807, 2.05) is 13.8 Å². The molecule has 0 aromatic rings. The summed E-state index contributed by atoms with van der Waals surface area (Å²) in [6.45, 7) is 5.11. The number of esters is 2. The van der Waals surface area contributed by atoms with E-state index in [1.54, 1.807) is 0 Å². The lowest BCUT2D eigenvalue weighted by atomic mass is 10.1. The van der Waals surface area contributed by atoms with Crippen molar-refractivity contribution in [1.29, 1.82) is 0 Å². The predicted molar refractivity (Wildman–Crippen MR) is 107 cm³/mol. The van der Waals surface area contributed by atoms with Crippen LogP contribution in [0.4, 0.5) is 0 Å². The van der Waals surface area contributed by atoms with Crippen LogP contribution in [0.3, 0.4) is 0 Å². The van der Waals surface area contributed by atoms with Crippen LogP contribution in [0.25, 0.3) is 0 Å². The van der Waals surface area contributed by atoms with Gasteiger partial charge in [0.25, 0.3) is 0 Å². The van der Waals surface area contributed by atoms with E-state index >= 15 is 0 Å². The van der Waals surface area contributed by atoms with Crippen molar-refractivity contribution in [3.05, 3.63) is 12.2 Å². The van der Waals surface area contributed by atoms with Crippen molar-refractivity contribution in [2.24, 2.45) is 0 Å². The molecule has 0 saturated heterocycles. The van der Waals surface area contributed by atoms with Crippen LogP contribution in [0, 0.1) is 0 Å². The van der Waals surface area contributed by atoms with Gasteiger partial charge in [-0.05, 0) is 51.4 Å². The molecule has 152 valence electrons. The average molecular weight is 369 g/mol. The molecule has 0 bridgehead atoms. The van der Waals surface area contributed by atoms with Crippen molar-refractivity contribution in [3.8, 4) is 0 Å². The van der Waals surface area contributed by atoms with Crippen LogP contribution in [0.5, 0.6) is 0 Å². The third kappa shape index (κ3) is 19.0. The fourth-order valence-electron chi connectivity index (χ4n) is 2.58. The van der Waals surface area contributed by atoms with E-state index in [0.29, 0.717) is 26.1 Å². The molecule has 0 saturated carbocycles. The first-order valence-electron chi connectivity index (χ1n) is 10.7. The van der Waals surface area contributed by atoms with Gasteiger partial charge in [0.05, 0.1) is 13.2 Å². The molecule has 0 heterocycles. The van der Waals surface area contributed by atoms with Gasteiger partial charge in [0.15, 0.2) is 0 Å². The second kappa shape index (κ2) is 20.0. The number of rotatable bonds is 18. The largest absolute Gasteiger partial charge is 0.466 e. The summed E-state index contributed by atoms with van der Waals surface area (Å²) in [4.78, 5) is 22.6. The summed E-state index contributed by atoms with van der Waals surface area (Å²) in [6, 6.07) is 0. The topological polar surface area (TPSA) is 52.6 Å². The first-order chi connectivity index (χ1) is 12.7. The van der Waals surface area contributed by atoms with Crippen molar-refractivity contribution in [3.63, 3.8) is 0 Å². The highest BCUT2D eigenvalue weighted by Gasteiger charge is 2.01. The van der Waals surface area contributed by atoms with Gasteiger partial charge in [-0.15, -0.1) is 0 Å². The van der Waals surface area contributed by atoms with Crippen molar-refractivity contribution in [2.75, 3.05) is 13.2 Å². The fraction of sp³-hybridized carbons (Fsp3) is 0.818. The van der Waals surface area contributed by atoms with Gasteiger partial charge in [-0.1, -0.05) is 51.7 Å². The maximum Gasteiger partial charge on any atom is 0.305 e. The molecule has 0 spiro atoms. The summed E-state index contributed by atoms with van der Waals surface area (Å²) in [5.74, 6) is -0.108. The van der Waals surface area contributed by atoms with E-state index in [-0.39, 0.29) is 11.9 Å². The number of hydrogen-bond acceptors (Lipinski definition) is 4. The second-order valence-electron chi connectivity index (χ2n) is 6.82. The van der Waals surface area contributed by atoms with Gasteiger partial charge < -0.3 is 9.47 Å². The number of allylic oxidation sites excluding steroid dienone is 2. The molecule has 4 heteroatoms. The fourth-order valence-corrected chi connectivity index (χ4v) is 2.58. The van der Waals surface area contributed by atoms with Crippen molar-refractivity contribution < 1.29 is 19.1 Å². The van der Waals surface area contributed by atoms with Crippen LogP contribution in [0.15, 0.2) is 12.2 Å². The summed E-state index contributed by atoms with van der Waals surface area (Å²) in [5.41, 5.74) is 0. The third-order valence-corrected chi connectivity index (χ3v) is 4.10. The molecule has 4 nitrogen and oxygen atoms in total. The standard InChI is InChI=1S/C22H40O4/c1-3-19-25-21(23)17-15-13-11-9-7-5-6-8-10-12-14-16-18-22(24)26-20-4-2/h7,9H,3-6,8,10-20H2,1-2H3/b9-7+. The minimum absolute atomic E-state index is 0.0464. The van der Waals surface area contributed by atoms with Gasteiger partial charge >= 0.3 is 11.9 Å². The first kappa shape index (κ1) is 24.7. The molecular weight excluding hydrogens is 328 g/mol. The summed E-state index contributed by atoms with van der Waals surface area (Å²) in [5, 5.41) is 0. The quantitative estimate of drug-likeness (QED) is 0.166. The molecule has 26 heavy (non-hydrogen) atoms. The molecule has 0 N–H and O–H groups in total. The smallest absolute Gasteiger partial charge is 0.305 e. The highest BCUT2D eigenvalue weighted by Crippen LogP contribution is 2.10. The van der Waals surface area contributed by atoms with Crippen LogP contribution in [0.1, 0.15) is 104 Å². The zero-order chi connectivity index (χ0) is 19.3. The van der Waals surface area contributed by atoms with Crippen LogP contribution in [-0.2, 0) is 19.1 Å². The predicted octanol–water partition coefficient (Wildman–Crippen LogP) is 6.13. The van der Waals surface area contributed by atoms with Gasteiger partial charge in [-0.2, -0.15) is 0 Å². The molecule has 0 unspecified atom stereocenters. The normalized spacial score (nSPS) is 11.0. The molecule has 0 atom stereocenters. The van der Waals surface area contributed by atoms with Crippen LogP contribution < -0.4 is 0 Å². The molecule has 0 aliphatic heterocycles. The molecule has 0 aromatic heterocycles. The summed E-state index contributed by atoms with van der Waals surface area (Å²) < 4.78 is 10.1. The maximum atomic E-state index is 11.3. The van der Waals surface area contributed by atoms with E-state index in [0.717, 1.165) is 51.4 Å². The van der Waals surface area contributed by atoms with Gasteiger partial charge in [0, 0.05) is 12.8 Å². The number of hydrogen-bond donors (Lipinski definition) is 0. The molecule has 0 aliphatic rings. The zero-order valence-corrected chi connectivity index (χ0v) is 17.1.